The van der Waals surface area contributed by atoms with E-state index in [1.807, 2.05) is 0 Å². The molecule has 1 atom stereocenters. The van der Waals surface area contributed by atoms with Gasteiger partial charge in [-0.05, 0) is 38.6 Å². The van der Waals surface area contributed by atoms with E-state index >= 15 is 0 Å². The maximum Gasteiger partial charge on any atom is 0.193 e. The van der Waals surface area contributed by atoms with Crippen molar-refractivity contribution in [2.24, 2.45) is 0 Å². The molecule has 0 aliphatic rings. The Morgan fingerprint density at radius 2 is 2.21 bits per heavy atom. The second-order valence-corrected chi connectivity index (χ2v) is 6.03. The van der Waals surface area contributed by atoms with Gasteiger partial charge in [0.15, 0.2) is 4.96 Å². The molecule has 19 heavy (non-hydrogen) atoms. The van der Waals surface area contributed by atoms with Crippen LogP contribution in [0.1, 0.15) is 51.6 Å². The van der Waals surface area contributed by atoms with E-state index in [4.69, 9.17) is 0 Å². The van der Waals surface area contributed by atoms with Gasteiger partial charge in [0.2, 0.25) is 0 Å². The minimum atomic E-state index is 0.689. The van der Waals surface area contributed by atoms with E-state index in [0.717, 1.165) is 17.9 Å². The summed E-state index contributed by atoms with van der Waals surface area (Å²) in [6.45, 7) is 5.64. The number of imidazole rings is 1. The van der Waals surface area contributed by atoms with Crippen molar-refractivity contribution < 1.29 is 0 Å². The lowest BCUT2D eigenvalue weighted by molar-refractivity contribution is 0.437. The largest absolute Gasteiger partial charge is 0.314 e. The molecule has 2 aromatic heterocycles. The number of nitrogens with zero attached hydrogens (tertiary/aromatic N) is 2. The second-order valence-electron chi connectivity index (χ2n) is 5.16. The lowest BCUT2D eigenvalue weighted by Gasteiger charge is -2.17. The molecule has 2 heterocycles. The van der Waals surface area contributed by atoms with Crippen LogP contribution in [0.2, 0.25) is 0 Å². The lowest BCUT2D eigenvalue weighted by Crippen LogP contribution is -2.29. The highest BCUT2D eigenvalue weighted by Gasteiger charge is 2.07. The van der Waals surface area contributed by atoms with Gasteiger partial charge >= 0.3 is 0 Å². The van der Waals surface area contributed by atoms with E-state index in [0.29, 0.717) is 6.04 Å². The average molecular weight is 279 g/mol. The van der Waals surface area contributed by atoms with Gasteiger partial charge in [-0.2, -0.15) is 0 Å². The number of thiazole rings is 1. The number of aromatic nitrogens is 2. The van der Waals surface area contributed by atoms with Crippen LogP contribution in [0.5, 0.6) is 0 Å². The Morgan fingerprint density at radius 1 is 1.32 bits per heavy atom. The monoisotopic (exact) mass is 279 g/mol. The predicted molar refractivity (Wildman–Crippen MR) is 83.0 cm³/mol. The van der Waals surface area contributed by atoms with Crippen LogP contribution in [-0.2, 0) is 6.42 Å². The molecule has 0 fully saturated rings. The van der Waals surface area contributed by atoms with Crippen molar-refractivity contribution in [2.45, 2.75) is 58.4 Å². The van der Waals surface area contributed by atoms with Crippen molar-refractivity contribution in [1.82, 2.24) is 14.7 Å². The van der Waals surface area contributed by atoms with Gasteiger partial charge in [0.05, 0.1) is 5.69 Å². The van der Waals surface area contributed by atoms with E-state index < -0.39 is 0 Å². The van der Waals surface area contributed by atoms with Crippen LogP contribution in [-0.4, -0.2) is 22.0 Å². The third kappa shape index (κ3) is 4.32. The molecule has 0 amide bonds. The summed E-state index contributed by atoms with van der Waals surface area (Å²) in [5.74, 6) is 0. The van der Waals surface area contributed by atoms with Crippen LogP contribution in [0.3, 0.4) is 0 Å². The Labute approximate surface area is 120 Å². The van der Waals surface area contributed by atoms with Gasteiger partial charge in [0.25, 0.3) is 0 Å². The standard InChI is InChI=1S/C15H25N3S/c1-3-6-13(16-9-4-2)7-5-8-14-12-18-10-11-19-15(18)17-14/h10-13,16H,3-9H2,1-2H3. The Morgan fingerprint density at radius 3 is 2.95 bits per heavy atom. The molecule has 4 heteroatoms. The van der Waals surface area contributed by atoms with Crippen molar-refractivity contribution in [3.63, 3.8) is 0 Å². The van der Waals surface area contributed by atoms with Gasteiger partial charge in [-0.25, -0.2) is 4.98 Å². The third-order valence-electron chi connectivity index (χ3n) is 3.45. The minimum Gasteiger partial charge on any atom is -0.314 e. The zero-order valence-corrected chi connectivity index (χ0v) is 12.9. The van der Waals surface area contributed by atoms with Gasteiger partial charge in [-0.1, -0.05) is 20.3 Å². The van der Waals surface area contributed by atoms with Crippen molar-refractivity contribution in [1.29, 1.82) is 0 Å². The molecule has 0 bridgehead atoms. The third-order valence-corrected chi connectivity index (χ3v) is 4.22. The molecule has 0 aromatic carbocycles. The molecule has 2 aromatic rings. The number of nitrogens with one attached hydrogen (secondary N) is 1. The number of aryl methyl sites for hydroxylation is 1. The Hall–Kier alpha value is -0.870. The average Bonchev–Trinajstić information content (AvgIpc) is 2.96. The van der Waals surface area contributed by atoms with E-state index in [1.165, 1.54) is 37.8 Å². The first-order valence-corrected chi connectivity index (χ1v) is 8.36. The summed E-state index contributed by atoms with van der Waals surface area (Å²) in [4.78, 5) is 5.75. The molecule has 0 radical (unpaired) electrons. The SMILES string of the molecule is CCCNC(CCC)CCCc1cn2ccsc2n1. The van der Waals surface area contributed by atoms with Gasteiger partial charge < -0.3 is 5.32 Å². The zero-order valence-electron chi connectivity index (χ0n) is 12.1. The highest BCUT2D eigenvalue weighted by atomic mass is 32.1. The summed E-state index contributed by atoms with van der Waals surface area (Å²) in [7, 11) is 0. The first-order chi connectivity index (χ1) is 9.33. The number of rotatable bonds is 9. The fourth-order valence-electron chi connectivity index (χ4n) is 2.47. The van der Waals surface area contributed by atoms with Gasteiger partial charge in [-0.15, -0.1) is 11.3 Å². The van der Waals surface area contributed by atoms with Crippen molar-refractivity contribution in [3.8, 4) is 0 Å². The highest BCUT2D eigenvalue weighted by Crippen LogP contribution is 2.14. The molecule has 0 saturated heterocycles. The molecule has 2 rings (SSSR count). The predicted octanol–water partition coefficient (Wildman–Crippen LogP) is 3.89. The summed E-state index contributed by atoms with van der Waals surface area (Å²) in [5, 5.41) is 5.74. The van der Waals surface area contributed by atoms with Gasteiger partial charge in [0.1, 0.15) is 0 Å². The Balaban J connectivity index is 1.76. The summed E-state index contributed by atoms with van der Waals surface area (Å²) in [6, 6.07) is 0.689. The van der Waals surface area contributed by atoms with E-state index in [9.17, 15) is 0 Å². The van der Waals surface area contributed by atoms with Crippen LogP contribution in [0.25, 0.3) is 4.96 Å². The van der Waals surface area contributed by atoms with E-state index in [1.54, 1.807) is 11.3 Å². The minimum absolute atomic E-state index is 0.689. The Bertz CT molecular complexity index is 446. The van der Waals surface area contributed by atoms with Gasteiger partial charge in [-0.3, -0.25) is 4.40 Å². The molecule has 106 valence electrons. The molecule has 0 aliphatic heterocycles. The summed E-state index contributed by atoms with van der Waals surface area (Å²) >= 11 is 1.71. The maximum atomic E-state index is 4.64. The fourth-order valence-corrected chi connectivity index (χ4v) is 3.19. The molecule has 0 saturated carbocycles. The molecule has 1 N–H and O–H groups in total. The highest BCUT2D eigenvalue weighted by molar-refractivity contribution is 7.15. The lowest BCUT2D eigenvalue weighted by atomic mass is 10.0. The second kappa shape index (κ2) is 7.65. The van der Waals surface area contributed by atoms with Crippen LogP contribution < -0.4 is 5.32 Å². The number of hydrogen-bond acceptors (Lipinski definition) is 3. The number of hydrogen-bond donors (Lipinski definition) is 1. The Kier molecular flexibility index (Phi) is 5.86. The summed E-state index contributed by atoms with van der Waals surface area (Å²) in [5.41, 5.74) is 1.23. The fraction of sp³-hybridized carbons (Fsp3) is 0.667. The topological polar surface area (TPSA) is 29.3 Å². The van der Waals surface area contributed by atoms with Crippen LogP contribution in [0, 0.1) is 0 Å². The van der Waals surface area contributed by atoms with Crippen LogP contribution in [0.15, 0.2) is 17.8 Å². The van der Waals surface area contributed by atoms with Gasteiger partial charge in [0, 0.05) is 23.8 Å². The molecule has 0 spiro atoms. The van der Waals surface area contributed by atoms with Crippen molar-refractivity contribution in [3.05, 3.63) is 23.5 Å². The molecular weight excluding hydrogens is 254 g/mol. The van der Waals surface area contributed by atoms with Crippen LogP contribution >= 0.6 is 11.3 Å². The molecular formula is C15H25N3S. The quantitative estimate of drug-likeness (QED) is 0.754. The van der Waals surface area contributed by atoms with E-state index in [-0.39, 0.29) is 0 Å². The normalized spacial score (nSPS) is 13.2. The maximum absolute atomic E-state index is 4.64. The first-order valence-electron chi connectivity index (χ1n) is 7.48. The smallest absolute Gasteiger partial charge is 0.193 e. The molecule has 0 aliphatic carbocycles. The van der Waals surface area contributed by atoms with E-state index in [2.05, 4.69) is 46.3 Å². The zero-order chi connectivity index (χ0) is 13.5. The molecule has 1 unspecified atom stereocenters. The van der Waals surface area contributed by atoms with Crippen LogP contribution in [0.4, 0.5) is 0 Å². The molecule has 3 nitrogen and oxygen atoms in total. The first kappa shape index (κ1) is 14.5. The summed E-state index contributed by atoms with van der Waals surface area (Å²) < 4.78 is 2.12. The van der Waals surface area contributed by atoms with Crippen molar-refractivity contribution >= 4 is 16.3 Å². The summed E-state index contributed by atoms with van der Waals surface area (Å²) in [6.07, 6.45) is 11.6. The van der Waals surface area contributed by atoms with Crippen molar-refractivity contribution in [2.75, 3.05) is 6.54 Å². The number of fused-ring (bicyclic) bond motifs is 1.